The quantitative estimate of drug-likeness (QED) is 0.352. The number of benzene rings is 1. The number of nitrogens with one attached hydrogen (secondary N) is 2. The van der Waals surface area contributed by atoms with Crippen LogP contribution in [0.3, 0.4) is 0 Å². The predicted molar refractivity (Wildman–Crippen MR) is 115 cm³/mol. The molecular formula is C21H28F3N5O3. The number of nitrogens with zero attached hydrogens (tertiary/aromatic N) is 3. The van der Waals surface area contributed by atoms with Gasteiger partial charge in [0, 0.05) is 23.9 Å². The number of β-amino-alcohol motifs (C(OH)–C–C–N with tert-alkyl or cyclic N) is 1. The summed E-state index contributed by atoms with van der Waals surface area (Å²) in [4.78, 5) is 0. The van der Waals surface area contributed by atoms with E-state index in [0.29, 0.717) is 11.7 Å². The van der Waals surface area contributed by atoms with Crippen LogP contribution in [0.2, 0.25) is 0 Å². The Morgan fingerprint density at radius 3 is 2.44 bits per heavy atom. The van der Waals surface area contributed by atoms with Gasteiger partial charge in [-0.1, -0.05) is 12.1 Å². The molecule has 0 aliphatic rings. The molecule has 2 rings (SSSR count). The number of anilines is 1. The molecule has 1 aromatic heterocycles. The first-order valence-corrected chi connectivity index (χ1v) is 9.92. The molecule has 1 aromatic carbocycles. The van der Waals surface area contributed by atoms with E-state index >= 15 is 0 Å². The number of aliphatic hydroxyl groups is 1. The summed E-state index contributed by atoms with van der Waals surface area (Å²) in [7, 11) is 0. The molecule has 1 atom stereocenters. The lowest BCUT2D eigenvalue weighted by molar-refractivity contribution is -0.139. The average molecular weight is 455 g/mol. The van der Waals surface area contributed by atoms with Gasteiger partial charge in [0.2, 0.25) is 5.88 Å². The van der Waals surface area contributed by atoms with Crippen molar-refractivity contribution in [3.05, 3.63) is 42.0 Å². The number of para-hydroxylation sites is 1. The van der Waals surface area contributed by atoms with E-state index in [2.05, 4.69) is 26.0 Å². The standard InChI is InChI=1S/C21H28F3N5O3/c1-14(2)26-27-18-9-10-19(29-28-18)32-13-20(3,4)25-11-15(30)12-31-17-8-6-5-7-16(17)21(22,23)24/h5-10,15,25,30H,11-13H2,1-4H3,(H,27,28). The van der Waals surface area contributed by atoms with Gasteiger partial charge in [0.15, 0.2) is 5.82 Å². The molecule has 3 N–H and O–H groups in total. The zero-order valence-electron chi connectivity index (χ0n) is 18.4. The summed E-state index contributed by atoms with van der Waals surface area (Å²) in [6.45, 7) is 7.40. The normalized spacial score (nSPS) is 12.8. The molecule has 2 aromatic rings. The van der Waals surface area contributed by atoms with Crippen molar-refractivity contribution >= 4 is 11.5 Å². The van der Waals surface area contributed by atoms with Crippen molar-refractivity contribution in [2.24, 2.45) is 5.10 Å². The maximum Gasteiger partial charge on any atom is 0.419 e. The highest BCUT2D eigenvalue weighted by atomic mass is 19.4. The molecule has 0 amide bonds. The van der Waals surface area contributed by atoms with E-state index in [4.69, 9.17) is 9.47 Å². The number of hydrogen-bond donors (Lipinski definition) is 3. The Morgan fingerprint density at radius 1 is 1.09 bits per heavy atom. The topological polar surface area (TPSA) is 101 Å². The first kappa shape index (κ1) is 25.3. The second-order valence-corrected chi connectivity index (χ2v) is 7.94. The van der Waals surface area contributed by atoms with Crippen molar-refractivity contribution in [1.29, 1.82) is 0 Å². The SMILES string of the molecule is CC(C)=NNc1ccc(OCC(C)(C)NCC(O)COc2ccccc2C(F)(F)F)nn1. The number of halogens is 3. The van der Waals surface area contributed by atoms with Crippen molar-refractivity contribution in [1.82, 2.24) is 15.5 Å². The maximum absolute atomic E-state index is 13.0. The number of aromatic nitrogens is 2. The second-order valence-electron chi connectivity index (χ2n) is 7.94. The molecule has 176 valence electrons. The lowest BCUT2D eigenvalue weighted by atomic mass is 10.1. The Morgan fingerprint density at radius 2 is 1.81 bits per heavy atom. The lowest BCUT2D eigenvalue weighted by Crippen LogP contribution is -2.48. The molecule has 0 radical (unpaired) electrons. The van der Waals surface area contributed by atoms with Crippen molar-refractivity contribution in [3.63, 3.8) is 0 Å². The summed E-state index contributed by atoms with van der Waals surface area (Å²) < 4.78 is 49.8. The van der Waals surface area contributed by atoms with Crippen LogP contribution >= 0.6 is 0 Å². The predicted octanol–water partition coefficient (Wildman–Crippen LogP) is 3.49. The smallest absolute Gasteiger partial charge is 0.419 e. The molecule has 0 saturated carbocycles. The van der Waals surface area contributed by atoms with E-state index in [1.807, 2.05) is 27.7 Å². The third kappa shape index (κ3) is 8.67. The zero-order chi connectivity index (χ0) is 23.8. The first-order valence-electron chi connectivity index (χ1n) is 9.92. The molecule has 1 heterocycles. The first-order chi connectivity index (χ1) is 15.0. The van der Waals surface area contributed by atoms with E-state index in [-0.39, 0.29) is 25.5 Å². The van der Waals surface area contributed by atoms with Gasteiger partial charge in [0.05, 0.1) is 5.56 Å². The van der Waals surface area contributed by atoms with Crippen molar-refractivity contribution < 1.29 is 27.8 Å². The highest BCUT2D eigenvalue weighted by molar-refractivity contribution is 5.79. The Hall–Kier alpha value is -2.92. The minimum absolute atomic E-state index is 0.0907. The molecule has 8 nitrogen and oxygen atoms in total. The van der Waals surface area contributed by atoms with Gasteiger partial charge in [-0.15, -0.1) is 10.2 Å². The molecule has 0 aliphatic carbocycles. The van der Waals surface area contributed by atoms with Crippen LogP contribution in [0.15, 0.2) is 41.5 Å². The van der Waals surface area contributed by atoms with Gasteiger partial charge >= 0.3 is 6.18 Å². The van der Waals surface area contributed by atoms with Gasteiger partial charge in [-0.3, -0.25) is 5.43 Å². The summed E-state index contributed by atoms with van der Waals surface area (Å²) >= 11 is 0. The van der Waals surface area contributed by atoms with E-state index in [1.165, 1.54) is 18.2 Å². The monoisotopic (exact) mass is 455 g/mol. The summed E-state index contributed by atoms with van der Waals surface area (Å²) in [6, 6.07) is 8.20. The van der Waals surface area contributed by atoms with Crippen molar-refractivity contribution in [3.8, 4) is 11.6 Å². The highest BCUT2D eigenvalue weighted by Crippen LogP contribution is 2.35. The lowest BCUT2D eigenvalue weighted by Gasteiger charge is -2.27. The Bertz CT molecular complexity index is 885. The molecule has 32 heavy (non-hydrogen) atoms. The van der Waals surface area contributed by atoms with Gasteiger partial charge in [-0.2, -0.15) is 18.3 Å². The van der Waals surface area contributed by atoms with Crippen LogP contribution < -0.4 is 20.2 Å². The minimum atomic E-state index is -4.53. The number of ether oxygens (including phenoxy) is 2. The Labute approximate surface area is 184 Å². The summed E-state index contributed by atoms with van der Waals surface area (Å²) in [5.41, 5.74) is 2.16. The van der Waals surface area contributed by atoms with E-state index in [0.717, 1.165) is 11.8 Å². The summed E-state index contributed by atoms with van der Waals surface area (Å²) in [5, 5.41) is 25.2. The van der Waals surface area contributed by atoms with E-state index in [9.17, 15) is 18.3 Å². The molecule has 1 unspecified atom stereocenters. The van der Waals surface area contributed by atoms with Crippen molar-refractivity contribution in [2.75, 3.05) is 25.2 Å². The van der Waals surface area contributed by atoms with E-state index in [1.54, 1.807) is 12.1 Å². The average Bonchev–Trinajstić information content (AvgIpc) is 2.74. The molecule has 0 bridgehead atoms. The third-order valence-electron chi connectivity index (χ3n) is 4.05. The third-order valence-corrected chi connectivity index (χ3v) is 4.05. The number of alkyl halides is 3. The van der Waals surface area contributed by atoms with Gasteiger partial charge in [-0.25, -0.2) is 0 Å². The number of rotatable bonds is 11. The number of aliphatic hydroxyl groups excluding tert-OH is 1. The molecule has 0 aliphatic heterocycles. The van der Waals surface area contributed by atoms with Crippen LogP contribution in [0.25, 0.3) is 0 Å². The highest BCUT2D eigenvalue weighted by Gasteiger charge is 2.34. The molecule has 0 fully saturated rings. The van der Waals surface area contributed by atoms with E-state index < -0.39 is 23.4 Å². The van der Waals surface area contributed by atoms with Gasteiger partial charge in [0.1, 0.15) is 25.1 Å². The molecule has 0 spiro atoms. The van der Waals surface area contributed by atoms with Crippen LogP contribution in [0.4, 0.5) is 19.0 Å². The number of hydrogen-bond acceptors (Lipinski definition) is 8. The molecule has 0 saturated heterocycles. The minimum Gasteiger partial charge on any atom is -0.490 e. The Kier molecular flexibility index (Phi) is 8.79. The van der Waals surface area contributed by atoms with Gasteiger partial charge in [0.25, 0.3) is 0 Å². The van der Waals surface area contributed by atoms with Crippen LogP contribution in [0, 0.1) is 0 Å². The molecule has 11 heteroatoms. The maximum atomic E-state index is 13.0. The fourth-order valence-electron chi connectivity index (χ4n) is 2.40. The zero-order valence-corrected chi connectivity index (χ0v) is 18.4. The van der Waals surface area contributed by atoms with Crippen LogP contribution in [-0.4, -0.2) is 52.4 Å². The molecular weight excluding hydrogens is 427 g/mol. The largest absolute Gasteiger partial charge is 0.490 e. The van der Waals surface area contributed by atoms with Crippen LogP contribution in [0.5, 0.6) is 11.6 Å². The Balaban J connectivity index is 1.78. The van der Waals surface area contributed by atoms with Crippen molar-refractivity contribution in [2.45, 2.75) is 45.5 Å². The van der Waals surface area contributed by atoms with Gasteiger partial charge in [-0.05, 0) is 45.9 Å². The summed E-state index contributed by atoms with van der Waals surface area (Å²) in [5.74, 6) is 0.472. The fraction of sp³-hybridized carbons (Fsp3) is 0.476. The second kappa shape index (κ2) is 11.1. The fourth-order valence-corrected chi connectivity index (χ4v) is 2.40. The van der Waals surface area contributed by atoms with Crippen LogP contribution in [-0.2, 0) is 6.18 Å². The van der Waals surface area contributed by atoms with Gasteiger partial charge < -0.3 is 19.9 Å². The van der Waals surface area contributed by atoms with Crippen LogP contribution in [0.1, 0.15) is 33.3 Å². The summed E-state index contributed by atoms with van der Waals surface area (Å²) in [6.07, 6.45) is -5.55. The number of hydrazone groups is 1.